The topological polar surface area (TPSA) is 26.9 Å². The van der Waals surface area contributed by atoms with Gasteiger partial charge in [-0.1, -0.05) is 0 Å². The van der Waals surface area contributed by atoms with Crippen LogP contribution in [0.15, 0.2) is 175 Å². The summed E-state index contributed by atoms with van der Waals surface area (Å²) in [7, 11) is 0. The molecule has 0 fully saturated rings. The van der Waals surface area contributed by atoms with E-state index in [0.29, 0.717) is 11.7 Å². The SMILES string of the molecule is CC(C)n1c(CP(Br)(c2ccccc2)(c2ccccc2)c2ccccc2)c(-c2ccc(F)cc2)c2c3ccccc3n(-c3ccccc3)c(=O)c21. The fourth-order valence-corrected chi connectivity index (χ4v) is 15.4. The van der Waals surface area contributed by atoms with E-state index in [0.717, 1.165) is 38.8 Å². The Kier molecular flexibility index (Phi) is 8.37. The van der Waals surface area contributed by atoms with Crippen molar-refractivity contribution in [2.45, 2.75) is 26.1 Å². The summed E-state index contributed by atoms with van der Waals surface area (Å²) in [4.78, 5) is 15.3. The Morgan fingerprint density at radius 3 is 1.61 bits per heavy atom. The van der Waals surface area contributed by atoms with Crippen molar-refractivity contribution in [2.75, 3.05) is 0 Å². The summed E-state index contributed by atoms with van der Waals surface area (Å²) in [6.45, 7) is 4.30. The fraction of sp³-hybridized carbons (Fsp3) is 0.0889. The molecule has 6 aromatic carbocycles. The monoisotopic (exact) mass is 750 g/mol. The van der Waals surface area contributed by atoms with Crippen LogP contribution in [0.5, 0.6) is 0 Å². The molecule has 252 valence electrons. The first-order valence-electron chi connectivity index (χ1n) is 17.2. The van der Waals surface area contributed by atoms with E-state index in [1.165, 1.54) is 28.0 Å². The summed E-state index contributed by atoms with van der Waals surface area (Å²) < 4.78 is 18.7. The predicted octanol–water partition coefficient (Wildman–Crippen LogP) is 10.7. The zero-order valence-corrected chi connectivity index (χ0v) is 30.9. The van der Waals surface area contributed by atoms with Crippen LogP contribution >= 0.6 is 20.8 Å². The normalized spacial score (nSPS) is 12.7. The van der Waals surface area contributed by atoms with Crippen LogP contribution in [0, 0.1) is 5.82 Å². The number of aromatic nitrogens is 2. The maximum atomic E-state index is 15.3. The van der Waals surface area contributed by atoms with E-state index in [2.05, 4.69) is 115 Å². The van der Waals surface area contributed by atoms with E-state index in [9.17, 15) is 4.39 Å². The number of para-hydroxylation sites is 2. The van der Waals surface area contributed by atoms with E-state index in [4.69, 9.17) is 15.5 Å². The van der Waals surface area contributed by atoms with Gasteiger partial charge in [-0.05, 0) is 0 Å². The Morgan fingerprint density at radius 1 is 0.627 bits per heavy atom. The van der Waals surface area contributed by atoms with Gasteiger partial charge in [0.1, 0.15) is 0 Å². The second kappa shape index (κ2) is 12.9. The van der Waals surface area contributed by atoms with Crippen LogP contribution in [-0.2, 0) is 6.16 Å². The molecule has 0 radical (unpaired) electrons. The third-order valence-electron chi connectivity index (χ3n) is 10.1. The van der Waals surface area contributed by atoms with Gasteiger partial charge in [0, 0.05) is 0 Å². The summed E-state index contributed by atoms with van der Waals surface area (Å²) in [6, 6.07) is 56.8. The molecule has 0 unspecified atom stereocenters. The zero-order valence-electron chi connectivity index (χ0n) is 28.5. The van der Waals surface area contributed by atoms with Crippen molar-refractivity contribution >= 4 is 58.5 Å². The quantitative estimate of drug-likeness (QED) is 0.142. The molecule has 2 heterocycles. The van der Waals surface area contributed by atoms with E-state index >= 15 is 4.79 Å². The Balaban J connectivity index is 1.61. The third kappa shape index (κ3) is 5.22. The molecule has 0 aliphatic carbocycles. The van der Waals surface area contributed by atoms with Crippen molar-refractivity contribution in [2.24, 2.45) is 0 Å². The average Bonchev–Trinajstić information content (AvgIpc) is 3.52. The van der Waals surface area contributed by atoms with Gasteiger partial charge in [0.2, 0.25) is 0 Å². The van der Waals surface area contributed by atoms with Gasteiger partial charge in [0.05, 0.1) is 0 Å². The summed E-state index contributed by atoms with van der Waals surface area (Å²) in [6.07, 6.45) is 0.558. The number of halogens is 2. The van der Waals surface area contributed by atoms with Crippen molar-refractivity contribution in [3.05, 3.63) is 192 Å². The molecule has 2 aromatic heterocycles. The molecular formula is C45H37BrFN2OP. The van der Waals surface area contributed by atoms with Crippen LogP contribution in [0.1, 0.15) is 25.6 Å². The predicted molar refractivity (Wildman–Crippen MR) is 219 cm³/mol. The second-order valence-corrected chi connectivity index (χ2v) is 22.3. The molecule has 6 heteroatoms. The standard InChI is InChI=1S/C45H37BrFN2OP/c1-32(2)48-41(31-51(46,36-19-9-4-10-20-36,37-21-11-5-12-22-37)38-23-13-6-14-24-38)42(33-27-29-34(47)30-28-33)43-39-25-15-16-26-40(39)49(45(50)44(43)48)35-17-7-3-8-18-35/h3-30,32H,31H2,1-2H3. The molecule has 0 aliphatic rings. The molecule has 3 nitrogen and oxygen atoms in total. The maximum absolute atomic E-state index is 15.3. The van der Waals surface area contributed by atoms with Gasteiger partial charge in [-0.25, -0.2) is 0 Å². The fourth-order valence-electron chi connectivity index (χ4n) is 7.91. The van der Waals surface area contributed by atoms with Crippen LogP contribution in [0.3, 0.4) is 0 Å². The number of rotatable bonds is 8. The molecule has 8 aromatic rings. The van der Waals surface area contributed by atoms with Crippen LogP contribution in [-0.4, -0.2) is 9.13 Å². The average molecular weight is 752 g/mol. The van der Waals surface area contributed by atoms with Crippen LogP contribution in [0.4, 0.5) is 4.39 Å². The molecular weight excluding hydrogens is 714 g/mol. The molecule has 0 N–H and O–H groups in total. The van der Waals surface area contributed by atoms with Crippen molar-refractivity contribution in [1.29, 1.82) is 0 Å². The Morgan fingerprint density at radius 2 is 1.10 bits per heavy atom. The molecule has 0 spiro atoms. The summed E-state index contributed by atoms with van der Waals surface area (Å²) in [5, 5.41) is 1.81. The molecule has 0 aliphatic heterocycles. The van der Waals surface area contributed by atoms with Crippen molar-refractivity contribution in [3.8, 4) is 16.8 Å². The van der Waals surface area contributed by atoms with Gasteiger partial charge in [0.25, 0.3) is 0 Å². The minimum absolute atomic E-state index is 0.0848. The number of pyridine rings is 1. The number of benzene rings is 6. The van der Waals surface area contributed by atoms with E-state index in [1.54, 1.807) is 0 Å². The first-order valence-corrected chi connectivity index (χ1v) is 21.7. The van der Waals surface area contributed by atoms with Gasteiger partial charge in [-0.15, -0.1) is 0 Å². The van der Waals surface area contributed by atoms with E-state index in [1.807, 2.05) is 65.2 Å². The molecule has 51 heavy (non-hydrogen) atoms. The number of hydrogen-bond donors (Lipinski definition) is 0. The molecule has 0 amide bonds. The molecule has 0 atom stereocenters. The number of hydrogen-bond acceptors (Lipinski definition) is 1. The summed E-state index contributed by atoms with van der Waals surface area (Å²) in [5.41, 5.74) is 5.00. The third-order valence-corrected chi connectivity index (χ3v) is 19.6. The molecule has 0 bridgehead atoms. The van der Waals surface area contributed by atoms with Gasteiger partial charge in [-0.3, -0.25) is 0 Å². The molecule has 0 saturated heterocycles. The first-order chi connectivity index (χ1) is 24.8. The van der Waals surface area contributed by atoms with Gasteiger partial charge < -0.3 is 0 Å². The van der Waals surface area contributed by atoms with Gasteiger partial charge in [0.15, 0.2) is 0 Å². The Labute approximate surface area is 305 Å². The van der Waals surface area contributed by atoms with Crippen LogP contribution in [0.2, 0.25) is 0 Å². The van der Waals surface area contributed by atoms with E-state index < -0.39 is 5.31 Å². The number of nitrogens with zero attached hydrogens (tertiary/aromatic N) is 2. The summed E-state index contributed by atoms with van der Waals surface area (Å²) >= 11 is 4.71. The second-order valence-electron chi connectivity index (χ2n) is 13.4. The van der Waals surface area contributed by atoms with Gasteiger partial charge >= 0.3 is 307 Å². The van der Waals surface area contributed by atoms with Crippen LogP contribution in [0.25, 0.3) is 38.6 Å². The van der Waals surface area contributed by atoms with Crippen LogP contribution < -0.4 is 21.5 Å². The van der Waals surface area contributed by atoms with E-state index in [-0.39, 0.29) is 17.4 Å². The van der Waals surface area contributed by atoms with Crippen molar-refractivity contribution < 1.29 is 4.39 Å². The molecule has 0 saturated carbocycles. The Hall–Kier alpha value is -5.09. The number of fused-ring (bicyclic) bond motifs is 3. The Bertz CT molecular complexity index is 2470. The first kappa shape index (κ1) is 33.1. The molecule has 8 rings (SSSR count). The minimum atomic E-state index is -3.57. The van der Waals surface area contributed by atoms with Crippen molar-refractivity contribution in [3.63, 3.8) is 0 Å². The van der Waals surface area contributed by atoms with Gasteiger partial charge in [-0.2, -0.15) is 0 Å². The van der Waals surface area contributed by atoms with Crippen molar-refractivity contribution in [1.82, 2.24) is 9.13 Å². The zero-order chi connectivity index (χ0) is 35.2. The summed E-state index contributed by atoms with van der Waals surface area (Å²) in [5.74, 6) is -0.304.